The normalized spacial score (nSPS) is 20.5. The Bertz CT molecular complexity index is 179. The molecule has 1 saturated heterocycles. The maximum atomic E-state index is 11.2. The molecule has 4 nitrogen and oxygen atoms in total. The Morgan fingerprint density at radius 3 is 3.13 bits per heavy atom. The lowest BCUT2D eigenvalue weighted by atomic mass is 10.1. The number of nitrogens with one attached hydrogen (secondary N) is 2. The third kappa shape index (κ3) is 5.74. The van der Waals surface area contributed by atoms with Gasteiger partial charge in [0.1, 0.15) is 6.61 Å². The Morgan fingerprint density at radius 1 is 1.60 bits per heavy atom. The molecule has 1 fully saturated rings. The lowest BCUT2D eigenvalue weighted by Crippen LogP contribution is -2.32. The molecule has 0 aromatic rings. The average molecular weight is 214 g/mol. The van der Waals surface area contributed by atoms with Gasteiger partial charge >= 0.3 is 0 Å². The zero-order valence-corrected chi connectivity index (χ0v) is 9.55. The van der Waals surface area contributed by atoms with Crippen LogP contribution in [0.4, 0.5) is 0 Å². The van der Waals surface area contributed by atoms with Crippen molar-refractivity contribution in [3.05, 3.63) is 0 Å². The molecule has 0 unspecified atom stereocenters. The van der Waals surface area contributed by atoms with Gasteiger partial charge in [-0.05, 0) is 32.2 Å². The van der Waals surface area contributed by atoms with Crippen molar-refractivity contribution in [3.8, 4) is 0 Å². The molecule has 0 aliphatic carbocycles. The molecule has 0 saturated carbocycles. The zero-order chi connectivity index (χ0) is 10.9. The van der Waals surface area contributed by atoms with Crippen LogP contribution in [0.3, 0.4) is 0 Å². The monoisotopic (exact) mass is 214 g/mol. The molecule has 88 valence electrons. The molecular weight excluding hydrogens is 192 g/mol. The van der Waals surface area contributed by atoms with Gasteiger partial charge in [0.2, 0.25) is 5.91 Å². The third-order valence-corrected chi connectivity index (χ3v) is 2.56. The summed E-state index contributed by atoms with van der Waals surface area (Å²) in [6, 6.07) is 0.599. The first-order valence-corrected chi connectivity index (χ1v) is 5.90. The summed E-state index contributed by atoms with van der Waals surface area (Å²) in [5.41, 5.74) is 0. The van der Waals surface area contributed by atoms with Crippen LogP contribution in [0.2, 0.25) is 0 Å². The minimum Gasteiger partial charge on any atom is -0.372 e. The molecule has 1 amide bonds. The fourth-order valence-corrected chi connectivity index (χ4v) is 1.75. The van der Waals surface area contributed by atoms with E-state index in [1.807, 2.05) is 6.92 Å². The molecule has 1 heterocycles. The molecular formula is C11H22N2O2. The first-order chi connectivity index (χ1) is 7.33. The highest BCUT2D eigenvalue weighted by molar-refractivity contribution is 5.77. The quantitative estimate of drug-likeness (QED) is 0.612. The van der Waals surface area contributed by atoms with Crippen molar-refractivity contribution in [1.29, 1.82) is 0 Å². The predicted octanol–water partition coefficient (Wildman–Crippen LogP) is 0.671. The van der Waals surface area contributed by atoms with Crippen LogP contribution in [0.25, 0.3) is 0 Å². The van der Waals surface area contributed by atoms with Crippen LogP contribution in [0, 0.1) is 0 Å². The van der Waals surface area contributed by atoms with Crippen LogP contribution < -0.4 is 10.6 Å². The van der Waals surface area contributed by atoms with E-state index in [9.17, 15) is 4.79 Å². The number of rotatable bonds is 7. The van der Waals surface area contributed by atoms with Crippen LogP contribution in [0.15, 0.2) is 0 Å². The molecule has 0 spiro atoms. The first kappa shape index (κ1) is 12.5. The van der Waals surface area contributed by atoms with E-state index in [2.05, 4.69) is 10.6 Å². The average Bonchev–Trinajstić information content (AvgIpc) is 2.71. The summed E-state index contributed by atoms with van der Waals surface area (Å²) < 4.78 is 5.14. The van der Waals surface area contributed by atoms with Crippen LogP contribution in [0.1, 0.15) is 32.6 Å². The van der Waals surface area contributed by atoms with E-state index in [4.69, 9.17) is 4.74 Å². The molecule has 0 aromatic heterocycles. The van der Waals surface area contributed by atoms with Gasteiger partial charge in [0.05, 0.1) is 0 Å². The van der Waals surface area contributed by atoms with E-state index in [1.165, 1.54) is 12.8 Å². The van der Waals surface area contributed by atoms with E-state index in [0.29, 0.717) is 12.6 Å². The predicted molar refractivity (Wildman–Crippen MR) is 59.8 cm³/mol. The number of amides is 1. The van der Waals surface area contributed by atoms with Crippen LogP contribution >= 0.6 is 0 Å². The second kappa shape index (κ2) is 7.65. The van der Waals surface area contributed by atoms with E-state index >= 15 is 0 Å². The molecule has 0 bridgehead atoms. The summed E-state index contributed by atoms with van der Waals surface area (Å²) in [6.45, 7) is 4.78. The van der Waals surface area contributed by atoms with Gasteiger partial charge < -0.3 is 15.4 Å². The van der Waals surface area contributed by atoms with E-state index < -0.39 is 0 Å². The van der Waals surface area contributed by atoms with Gasteiger partial charge in [-0.15, -0.1) is 0 Å². The summed E-state index contributed by atoms with van der Waals surface area (Å²) in [6.07, 6.45) is 4.49. The van der Waals surface area contributed by atoms with Gasteiger partial charge in [-0.1, -0.05) is 6.92 Å². The molecule has 1 atom stereocenters. The van der Waals surface area contributed by atoms with Crippen molar-refractivity contribution < 1.29 is 9.53 Å². The Balaban J connectivity index is 1.91. The topological polar surface area (TPSA) is 50.4 Å². The highest BCUT2D eigenvalue weighted by atomic mass is 16.5. The lowest BCUT2D eigenvalue weighted by Gasteiger charge is -2.10. The Labute approximate surface area is 91.8 Å². The van der Waals surface area contributed by atoms with Gasteiger partial charge in [0.15, 0.2) is 0 Å². The fourth-order valence-electron chi connectivity index (χ4n) is 1.75. The standard InChI is InChI=1S/C11H22N2O2/c1-2-8-15-9-11(14)13-7-5-10-4-3-6-12-10/h10,12H,2-9H2,1H3,(H,13,14)/t10-/m1/s1. The smallest absolute Gasteiger partial charge is 0.245 e. The van der Waals surface area contributed by atoms with E-state index in [0.717, 1.165) is 25.9 Å². The van der Waals surface area contributed by atoms with Crippen molar-refractivity contribution in [2.24, 2.45) is 0 Å². The minimum absolute atomic E-state index is 0.00134. The number of ether oxygens (including phenoxy) is 1. The molecule has 15 heavy (non-hydrogen) atoms. The van der Waals surface area contributed by atoms with Crippen LogP contribution in [-0.4, -0.2) is 38.3 Å². The molecule has 0 radical (unpaired) electrons. The first-order valence-electron chi connectivity index (χ1n) is 5.90. The largest absolute Gasteiger partial charge is 0.372 e. The molecule has 2 N–H and O–H groups in total. The molecule has 0 aromatic carbocycles. The fraction of sp³-hybridized carbons (Fsp3) is 0.909. The minimum atomic E-state index is 0.00134. The second-order valence-corrected chi connectivity index (χ2v) is 3.98. The van der Waals surface area contributed by atoms with Gasteiger partial charge in [-0.25, -0.2) is 0 Å². The van der Waals surface area contributed by atoms with Crippen molar-refractivity contribution in [2.75, 3.05) is 26.3 Å². The summed E-state index contributed by atoms with van der Waals surface area (Å²) in [7, 11) is 0. The van der Waals surface area contributed by atoms with Crippen molar-refractivity contribution >= 4 is 5.91 Å². The second-order valence-electron chi connectivity index (χ2n) is 3.98. The Kier molecular flexibility index (Phi) is 6.36. The zero-order valence-electron chi connectivity index (χ0n) is 9.55. The summed E-state index contributed by atoms with van der Waals surface area (Å²) >= 11 is 0. The van der Waals surface area contributed by atoms with Crippen molar-refractivity contribution in [3.63, 3.8) is 0 Å². The van der Waals surface area contributed by atoms with Crippen molar-refractivity contribution in [1.82, 2.24) is 10.6 Å². The molecule has 4 heteroatoms. The molecule has 1 rings (SSSR count). The van der Waals surface area contributed by atoms with Gasteiger partial charge in [0, 0.05) is 19.2 Å². The summed E-state index contributed by atoms with van der Waals surface area (Å²) in [5.74, 6) is 0.00134. The summed E-state index contributed by atoms with van der Waals surface area (Å²) in [5, 5.41) is 6.26. The number of hydrogen-bond acceptors (Lipinski definition) is 3. The van der Waals surface area contributed by atoms with Gasteiger partial charge in [-0.3, -0.25) is 4.79 Å². The molecule has 1 aliphatic heterocycles. The Morgan fingerprint density at radius 2 is 2.47 bits per heavy atom. The summed E-state index contributed by atoms with van der Waals surface area (Å²) in [4.78, 5) is 11.2. The van der Waals surface area contributed by atoms with E-state index in [1.54, 1.807) is 0 Å². The third-order valence-electron chi connectivity index (χ3n) is 2.56. The lowest BCUT2D eigenvalue weighted by molar-refractivity contribution is -0.125. The highest BCUT2D eigenvalue weighted by Gasteiger charge is 2.13. The number of carbonyl (C=O) groups is 1. The SMILES string of the molecule is CCCOCC(=O)NCC[C@H]1CCCN1. The van der Waals surface area contributed by atoms with E-state index in [-0.39, 0.29) is 12.5 Å². The highest BCUT2D eigenvalue weighted by Crippen LogP contribution is 2.07. The maximum Gasteiger partial charge on any atom is 0.245 e. The number of hydrogen-bond donors (Lipinski definition) is 2. The van der Waals surface area contributed by atoms with Crippen LogP contribution in [-0.2, 0) is 9.53 Å². The van der Waals surface area contributed by atoms with Crippen LogP contribution in [0.5, 0.6) is 0 Å². The Hall–Kier alpha value is -0.610. The number of carbonyl (C=O) groups excluding carboxylic acids is 1. The molecule has 1 aliphatic rings. The van der Waals surface area contributed by atoms with Gasteiger partial charge in [-0.2, -0.15) is 0 Å². The van der Waals surface area contributed by atoms with Crippen molar-refractivity contribution in [2.45, 2.75) is 38.6 Å². The maximum absolute atomic E-state index is 11.2. The van der Waals surface area contributed by atoms with Gasteiger partial charge in [0.25, 0.3) is 0 Å².